The molecule has 0 saturated heterocycles. The predicted molar refractivity (Wildman–Crippen MR) is 71.1 cm³/mol. The topological polar surface area (TPSA) is 140 Å². The number of carbonyl (C=O) groups excluding carboxylic acids is 3. The van der Waals surface area contributed by atoms with Crippen molar-refractivity contribution in [3.63, 3.8) is 0 Å². The van der Waals surface area contributed by atoms with Crippen molar-refractivity contribution in [2.45, 2.75) is 24.7 Å². The Morgan fingerprint density at radius 1 is 1.32 bits per heavy atom. The molecule has 1 aliphatic heterocycles. The van der Waals surface area contributed by atoms with Crippen molar-refractivity contribution in [3.8, 4) is 0 Å². The highest BCUT2D eigenvalue weighted by Crippen LogP contribution is 2.04. The van der Waals surface area contributed by atoms with Crippen LogP contribution in [0.25, 0.3) is 0 Å². The van der Waals surface area contributed by atoms with Gasteiger partial charge in [0.15, 0.2) is 0 Å². The largest absolute Gasteiger partial charge is 0.388 e. The molecule has 1 rings (SSSR count). The fourth-order valence-corrected chi connectivity index (χ4v) is 1.51. The molecule has 10 heteroatoms. The number of hydrazone groups is 1. The van der Waals surface area contributed by atoms with Gasteiger partial charge in [0.1, 0.15) is 25.0 Å². The van der Waals surface area contributed by atoms with E-state index in [0.29, 0.717) is 0 Å². The third kappa shape index (κ3) is 4.98. The molecular formula is C12H16FN3O6. The molecule has 1 aliphatic rings. The van der Waals surface area contributed by atoms with Crippen LogP contribution in [0.4, 0.5) is 4.39 Å². The first-order valence-corrected chi connectivity index (χ1v) is 6.32. The summed E-state index contributed by atoms with van der Waals surface area (Å²) in [6.45, 7) is -1.37. The van der Waals surface area contributed by atoms with Gasteiger partial charge in [-0.1, -0.05) is 0 Å². The Bertz CT molecular complexity index is 477. The van der Waals surface area contributed by atoms with Crippen LogP contribution in [0.15, 0.2) is 17.3 Å². The number of alkyl halides is 1. The van der Waals surface area contributed by atoms with E-state index in [0.717, 1.165) is 23.3 Å². The van der Waals surface area contributed by atoms with Gasteiger partial charge in [-0.25, -0.2) is 9.82 Å². The molecule has 122 valence electrons. The second-order valence-electron chi connectivity index (χ2n) is 4.43. The maximum atomic E-state index is 12.1. The summed E-state index contributed by atoms with van der Waals surface area (Å²) >= 11 is 0. The lowest BCUT2D eigenvalue weighted by atomic mass is 10.1. The van der Waals surface area contributed by atoms with E-state index in [-0.39, 0.29) is 13.0 Å². The van der Waals surface area contributed by atoms with Crippen molar-refractivity contribution < 1.29 is 34.1 Å². The number of hydrogen-bond acceptors (Lipinski definition) is 7. The lowest BCUT2D eigenvalue weighted by Crippen LogP contribution is -2.40. The molecule has 0 fully saturated rings. The second kappa shape index (κ2) is 8.32. The van der Waals surface area contributed by atoms with Gasteiger partial charge in [-0.15, -0.1) is 0 Å². The highest BCUT2D eigenvalue weighted by molar-refractivity contribution is 6.13. The van der Waals surface area contributed by atoms with Gasteiger partial charge in [0.25, 0.3) is 11.8 Å². The van der Waals surface area contributed by atoms with Gasteiger partial charge in [-0.2, -0.15) is 5.10 Å². The summed E-state index contributed by atoms with van der Waals surface area (Å²) in [5.74, 6) is -1.67. The molecule has 0 aromatic heterocycles. The average molecular weight is 317 g/mol. The van der Waals surface area contributed by atoms with Gasteiger partial charge in [0.2, 0.25) is 5.91 Å². The van der Waals surface area contributed by atoms with Crippen molar-refractivity contribution in [2.75, 3.05) is 13.2 Å². The molecule has 0 bridgehead atoms. The summed E-state index contributed by atoms with van der Waals surface area (Å²) in [6.07, 6.45) is -2.53. The van der Waals surface area contributed by atoms with E-state index in [2.05, 4.69) is 5.10 Å². The molecule has 4 N–H and O–H groups in total. The second-order valence-corrected chi connectivity index (χ2v) is 4.43. The van der Waals surface area contributed by atoms with Crippen LogP contribution in [0.2, 0.25) is 0 Å². The Morgan fingerprint density at radius 3 is 2.45 bits per heavy atom. The molecule has 22 heavy (non-hydrogen) atoms. The van der Waals surface area contributed by atoms with Crippen molar-refractivity contribution in [1.29, 1.82) is 0 Å². The van der Waals surface area contributed by atoms with Crippen LogP contribution in [0, 0.1) is 0 Å². The Kier molecular flexibility index (Phi) is 6.76. The van der Waals surface area contributed by atoms with E-state index >= 15 is 0 Å². The molecule has 0 radical (unpaired) electrons. The van der Waals surface area contributed by atoms with Gasteiger partial charge in [-0.3, -0.25) is 19.3 Å². The number of hydrogen-bond donors (Lipinski definition) is 4. The lowest BCUT2D eigenvalue weighted by molar-refractivity contribution is -0.137. The zero-order valence-corrected chi connectivity index (χ0v) is 11.4. The molecule has 0 saturated carbocycles. The van der Waals surface area contributed by atoms with Crippen LogP contribution in [-0.2, 0) is 14.4 Å². The zero-order chi connectivity index (χ0) is 16.7. The summed E-state index contributed by atoms with van der Waals surface area (Å²) in [7, 11) is 0. The molecule has 0 aromatic carbocycles. The minimum atomic E-state index is -1.78. The number of nitrogens with one attached hydrogen (secondary N) is 1. The number of aliphatic hydroxyl groups is 3. The number of imide groups is 1. The summed E-state index contributed by atoms with van der Waals surface area (Å²) < 4.78 is 12.1. The first kappa shape index (κ1) is 17.9. The van der Waals surface area contributed by atoms with Crippen molar-refractivity contribution in [1.82, 2.24) is 10.3 Å². The van der Waals surface area contributed by atoms with Gasteiger partial charge in [0, 0.05) is 25.1 Å². The van der Waals surface area contributed by atoms with Crippen molar-refractivity contribution in [3.05, 3.63) is 12.2 Å². The predicted octanol–water partition coefficient (Wildman–Crippen LogP) is -2.54. The Morgan fingerprint density at radius 2 is 1.91 bits per heavy atom. The Balaban J connectivity index is 2.32. The lowest BCUT2D eigenvalue weighted by Gasteiger charge is -2.17. The SMILES string of the molecule is O=C(CCN1C(=O)C=CC1=O)N/N=C/[C@H](O)[C@H](O)[C@H](O)CF. The van der Waals surface area contributed by atoms with E-state index in [1.165, 1.54) is 0 Å². The Hall–Kier alpha value is -2.17. The third-order valence-electron chi connectivity index (χ3n) is 2.78. The summed E-state index contributed by atoms with van der Waals surface area (Å²) in [4.78, 5) is 34.7. The minimum Gasteiger partial charge on any atom is -0.388 e. The standard InChI is InChI=1S/C12H16FN3O6/c13-5-7(17)12(22)8(18)6-14-15-9(19)3-4-16-10(20)1-2-11(16)21/h1-2,6-8,12,17-18,22H,3-5H2,(H,15,19)/b14-6+/t7-,8+,12-/m1/s1. The smallest absolute Gasteiger partial charge is 0.253 e. The van der Waals surface area contributed by atoms with E-state index in [4.69, 9.17) is 5.11 Å². The summed E-state index contributed by atoms with van der Waals surface area (Å²) in [5.41, 5.74) is 1.99. The van der Waals surface area contributed by atoms with Crippen molar-refractivity contribution >= 4 is 23.9 Å². The van der Waals surface area contributed by atoms with E-state index in [1.807, 2.05) is 5.43 Å². The molecular weight excluding hydrogens is 301 g/mol. The monoisotopic (exact) mass is 317 g/mol. The van der Waals surface area contributed by atoms with Crippen LogP contribution in [0.1, 0.15) is 6.42 Å². The molecule has 0 unspecified atom stereocenters. The van der Waals surface area contributed by atoms with Crippen LogP contribution in [0.3, 0.4) is 0 Å². The van der Waals surface area contributed by atoms with E-state index in [1.54, 1.807) is 0 Å². The first-order valence-electron chi connectivity index (χ1n) is 6.32. The van der Waals surface area contributed by atoms with Gasteiger partial charge < -0.3 is 15.3 Å². The summed E-state index contributed by atoms with van der Waals surface area (Å²) in [5, 5.41) is 30.8. The van der Waals surface area contributed by atoms with Crippen LogP contribution < -0.4 is 5.43 Å². The average Bonchev–Trinajstić information content (AvgIpc) is 2.82. The zero-order valence-electron chi connectivity index (χ0n) is 11.4. The minimum absolute atomic E-state index is 0.127. The highest BCUT2D eigenvalue weighted by atomic mass is 19.1. The first-order chi connectivity index (χ1) is 10.4. The van der Waals surface area contributed by atoms with Gasteiger partial charge >= 0.3 is 0 Å². The fourth-order valence-electron chi connectivity index (χ4n) is 1.51. The third-order valence-corrected chi connectivity index (χ3v) is 2.78. The molecule has 0 aromatic rings. The van der Waals surface area contributed by atoms with Crippen molar-refractivity contribution in [2.24, 2.45) is 5.10 Å². The summed E-state index contributed by atoms with van der Waals surface area (Å²) in [6, 6.07) is 0. The van der Waals surface area contributed by atoms with Crippen LogP contribution in [-0.4, -0.2) is 75.7 Å². The number of nitrogens with zero attached hydrogens (tertiary/aromatic N) is 2. The molecule has 0 spiro atoms. The number of aliphatic hydroxyl groups excluding tert-OH is 3. The quantitative estimate of drug-likeness (QED) is 0.221. The van der Waals surface area contributed by atoms with Crippen LogP contribution in [0.5, 0.6) is 0 Å². The Labute approximate surface area is 124 Å². The molecule has 1 heterocycles. The molecule has 9 nitrogen and oxygen atoms in total. The van der Waals surface area contributed by atoms with Gasteiger partial charge in [0.05, 0.1) is 6.21 Å². The molecule has 0 aliphatic carbocycles. The maximum absolute atomic E-state index is 12.1. The van der Waals surface area contributed by atoms with E-state index in [9.17, 15) is 29.0 Å². The fraction of sp³-hybridized carbons (Fsp3) is 0.500. The number of amides is 3. The van der Waals surface area contributed by atoms with Crippen LogP contribution >= 0.6 is 0 Å². The molecule has 3 atom stereocenters. The maximum Gasteiger partial charge on any atom is 0.253 e. The number of rotatable bonds is 8. The molecule has 3 amide bonds. The number of halogens is 1. The van der Waals surface area contributed by atoms with E-state index < -0.39 is 42.7 Å². The normalized spacial score (nSPS) is 18.8. The number of carbonyl (C=O) groups is 3. The highest BCUT2D eigenvalue weighted by Gasteiger charge is 2.24. The van der Waals surface area contributed by atoms with Gasteiger partial charge in [-0.05, 0) is 0 Å².